The first-order valence-corrected chi connectivity index (χ1v) is 1.97. The van der Waals surface area contributed by atoms with E-state index in [1.54, 1.807) is 0 Å². The summed E-state index contributed by atoms with van der Waals surface area (Å²) in [6, 6.07) is 0. The summed E-state index contributed by atoms with van der Waals surface area (Å²) in [4.78, 5) is 10.1. The summed E-state index contributed by atoms with van der Waals surface area (Å²) in [5.41, 5.74) is 0. The van der Waals surface area contributed by atoms with Crippen molar-refractivity contribution in [1.29, 1.82) is 0 Å². The zero-order valence-corrected chi connectivity index (χ0v) is 3.63. The second-order valence-corrected chi connectivity index (χ2v) is 1.35. The highest BCUT2D eigenvalue weighted by Crippen LogP contribution is 2.09. The SMILES string of the molecule is O=C([CH]O)C1CO1. The minimum atomic E-state index is -0.333. The molecule has 3 nitrogen and oxygen atoms in total. The highest BCUT2D eigenvalue weighted by molar-refractivity contribution is 5.90. The largest absolute Gasteiger partial charge is 0.382 e. The normalized spacial score (nSPS) is 27.3. The third-order valence-corrected chi connectivity index (χ3v) is 0.778. The zero-order chi connectivity index (χ0) is 5.28. The Balaban J connectivity index is 2.24. The molecule has 7 heavy (non-hydrogen) atoms. The van der Waals surface area contributed by atoms with E-state index in [-0.39, 0.29) is 11.9 Å². The fourth-order valence-corrected chi connectivity index (χ4v) is 0.296. The van der Waals surface area contributed by atoms with Crippen LogP contribution in [0.3, 0.4) is 0 Å². The highest BCUT2D eigenvalue weighted by Gasteiger charge is 2.30. The molecule has 1 atom stereocenters. The molecule has 1 saturated heterocycles. The Bertz CT molecular complexity index is 84.9. The number of aliphatic hydroxyl groups excluding tert-OH is 1. The highest BCUT2D eigenvalue weighted by atomic mass is 16.6. The fourth-order valence-electron chi connectivity index (χ4n) is 0.296. The molecule has 1 fully saturated rings. The van der Waals surface area contributed by atoms with Crippen molar-refractivity contribution in [3.63, 3.8) is 0 Å². The van der Waals surface area contributed by atoms with Gasteiger partial charge in [0.05, 0.1) is 6.61 Å². The molecular weight excluding hydrogens is 96.0 g/mol. The van der Waals surface area contributed by atoms with Crippen LogP contribution in [0.5, 0.6) is 0 Å². The monoisotopic (exact) mass is 101 g/mol. The standard InChI is InChI=1S/C4H5O3/c5-1-3(6)4-2-7-4/h1,4-5H,2H2. The Morgan fingerprint density at radius 2 is 2.57 bits per heavy atom. The molecule has 0 bridgehead atoms. The van der Waals surface area contributed by atoms with Crippen LogP contribution in [0.4, 0.5) is 0 Å². The number of Topliss-reactive ketones (excluding diaryl/α,β-unsaturated/α-hetero) is 1. The molecule has 0 aromatic carbocycles. The van der Waals surface area contributed by atoms with Gasteiger partial charge in [0.25, 0.3) is 0 Å². The summed E-state index contributed by atoms with van der Waals surface area (Å²) >= 11 is 0. The van der Waals surface area contributed by atoms with E-state index in [2.05, 4.69) is 4.74 Å². The molecule has 3 heteroatoms. The van der Waals surface area contributed by atoms with Crippen molar-refractivity contribution in [3.8, 4) is 0 Å². The molecule has 0 aliphatic carbocycles. The molecule has 0 amide bonds. The summed E-state index contributed by atoms with van der Waals surface area (Å²) in [6.07, 6.45) is -0.329. The van der Waals surface area contributed by atoms with Gasteiger partial charge in [-0.25, -0.2) is 0 Å². The summed E-state index contributed by atoms with van der Waals surface area (Å²) in [7, 11) is 0. The molecule has 0 spiro atoms. The van der Waals surface area contributed by atoms with Gasteiger partial charge in [-0.1, -0.05) is 0 Å². The smallest absolute Gasteiger partial charge is 0.195 e. The van der Waals surface area contributed by atoms with Gasteiger partial charge >= 0.3 is 0 Å². The first kappa shape index (κ1) is 4.74. The average Bonchev–Trinajstić information content (AvgIpc) is 2.44. The molecule has 0 aromatic rings. The molecule has 0 saturated carbocycles. The first-order chi connectivity index (χ1) is 3.34. The molecular formula is C4H5O3. The predicted octanol–water partition coefficient (Wildman–Crippen LogP) is -0.511. The topological polar surface area (TPSA) is 49.8 Å². The van der Waals surface area contributed by atoms with E-state index in [0.717, 1.165) is 0 Å². The number of hydrogen-bond acceptors (Lipinski definition) is 3. The molecule has 39 valence electrons. The average molecular weight is 101 g/mol. The first-order valence-electron chi connectivity index (χ1n) is 1.97. The van der Waals surface area contributed by atoms with Gasteiger partial charge in [0.2, 0.25) is 0 Å². The molecule has 1 N–H and O–H groups in total. The van der Waals surface area contributed by atoms with Crippen molar-refractivity contribution in [2.45, 2.75) is 6.10 Å². The minimum Gasteiger partial charge on any atom is -0.382 e. The van der Waals surface area contributed by atoms with Crippen molar-refractivity contribution >= 4 is 5.78 Å². The molecule has 1 radical (unpaired) electrons. The number of ketones is 1. The summed E-state index contributed by atoms with van der Waals surface area (Å²) in [5.74, 6) is -0.333. The van der Waals surface area contributed by atoms with Gasteiger partial charge in [0.1, 0.15) is 12.7 Å². The fraction of sp³-hybridized carbons (Fsp3) is 0.500. The van der Waals surface area contributed by atoms with Crippen LogP contribution in [0.2, 0.25) is 0 Å². The number of rotatable bonds is 2. The van der Waals surface area contributed by atoms with Crippen LogP contribution in [0.1, 0.15) is 0 Å². The summed E-state index contributed by atoms with van der Waals surface area (Å²) in [5, 5.41) is 7.99. The zero-order valence-electron chi connectivity index (χ0n) is 3.63. The van der Waals surface area contributed by atoms with Crippen molar-refractivity contribution in [3.05, 3.63) is 6.61 Å². The Morgan fingerprint density at radius 3 is 2.71 bits per heavy atom. The molecule has 0 aromatic heterocycles. The quantitative estimate of drug-likeness (QED) is 0.476. The van der Waals surface area contributed by atoms with Gasteiger partial charge in [-0.05, 0) is 0 Å². The third-order valence-electron chi connectivity index (χ3n) is 0.778. The lowest BCUT2D eigenvalue weighted by atomic mass is 10.3. The van der Waals surface area contributed by atoms with Crippen LogP contribution >= 0.6 is 0 Å². The number of carbonyl (C=O) groups is 1. The third kappa shape index (κ3) is 0.976. The number of hydrogen-bond donors (Lipinski definition) is 1. The van der Waals surface area contributed by atoms with Gasteiger partial charge in [0, 0.05) is 0 Å². The number of epoxide rings is 1. The van der Waals surface area contributed by atoms with E-state index in [9.17, 15) is 4.79 Å². The van der Waals surface area contributed by atoms with E-state index in [1.807, 2.05) is 0 Å². The molecule has 1 heterocycles. The Kier molecular flexibility index (Phi) is 1.08. The molecule has 1 rings (SSSR count). The van der Waals surface area contributed by atoms with E-state index in [1.165, 1.54) is 0 Å². The van der Waals surface area contributed by atoms with Crippen LogP contribution in [0.25, 0.3) is 0 Å². The maximum absolute atomic E-state index is 10.1. The van der Waals surface area contributed by atoms with Gasteiger partial charge in [0.15, 0.2) is 5.78 Å². The lowest BCUT2D eigenvalue weighted by Gasteiger charge is -1.80. The maximum atomic E-state index is 10.1. The van der Waals surface area contributed by atoms with E-state index >= 15 is 0 Å². The summed E-state index contributed by atoms with van der Waals surface area (Å²) in [6.45, 7) is 1.01. The van der Waals surface area contributed by atoms with Crippen LogP contribution in [0.15, 0.2) is 0 Å². The van der Waals surface area contributed by atoms with Gasteiger partial charge < -0.3 is 9.84 Å². The van der Waals surface area contributed by atoms with Gasteiger partial charge in [-0.15, -0.1) is 0 Å². The van der Waals surface area contributed by atoms with Crippen molar-refractivity contribution < 1.29 is 14.6 Å². The van der Waals surface area contributed by atoms with Gasteiger partial charge in [-0.3, -0.25) is 4.79 Å². The lowest BCUT2D eigenvalue weighted by molar-refractivity contribution is -0.119. The summed E-state index contributed by atoms with van der Waals surface area (Å²) < 4.78 is 4.52. The second-order valence-electron chi connectivity index (χ2n) is 1.35. The lowest BCUT2D eigenvalue weighted by Crippen LogP contribution is -2.05. The van der Waals surface area contributed by atoms with Crippen molar-refractivity contribution in [2.24, 2.45) is 0 Å². The van der Waals surface area contributed by atoms with Crippen LogP contribution in [0, 0.1) is 6.61 Å². The molecule has 1 aliphatic rings. The second kappa shape index (κ2) is 1.60. The van der Waals surface area contributed by atoms with Crippen molar-refractivity contribution in [2.75, 3.05) is 6.61 Å². The number of carbonyl (C=O) groups excluding carboxylic acids is 1. The Hall–Kier alpha value is -0.410. The maximum Gasteiger partial charge on any atom is 0.195 e. The number of aliphatic hydroxyl groups is 1. The Morgan fingerprint density at radius 1 is 2.00 bits per heavy atom. The predicted molar refractivity (Wildman–Crippen MR) is 21.0 cm³/mol. The molecule has 1 aliphatic heterocycles. The van der Waals surface area contributed by atoms with Crippen molar-refractivity contribution in [1.82, 2.24) is 0 Å². The van der Waals surface area contributed by atoms with Gasteiger partial charge in [-0.2, -0.15) is 0 Å². The molecule has 1 unspecified atom stereocenters. The van der Waals surface area contributed by atoms with E-state index in [0.29, 0.717) is 13.2 Å². The van der Waals surface area contributed by atoms with Crippen LogP contribution in [-0.4, -0.2) is 23.6 Å². The number of ether oxygens (including phenoxy) is 1. The van der Waals surface area contributed by atoms with E-state index in [4.69, 9.17) is 5.11 Å². The van der Waals surface area contributed by atoms with Crippen LogP contribution < -0.4 is 0 Å². The van der Waals surface area contributed by atoms with Crippen LogP contribution in [-0.2, 0) is 9.53 Å². The van der Waals surface area contributed by atoms with E-state index < -0.39 is 0 Å². The Labute approximate surface area is 40.9 Å². The minimum absolute atomic E-state index is 0.329.